The number of nitro benzene ring substituents is 1. The second-order valence-electron chi connectivity index (χ2n) is 8.77. The lowest BCUT2D eigenvalue weighted by atomic mass is 9.80. The van der Waals surface area contributed by atoms with Gasteiger partial charge in [0.1, 0.15) is 5.75 Å². The highest BCUT2D eigenvalue weighted by molar-refractivity contribution is 5.96. The van der Waals surface area contributed by atoms with E-state index in [1.54, 1.807) is 20.1 Å². The number of carbonyl (C=O) groups is 2. The van der Waals surface area contributed by atoms with Crippen molar-refractivity contribution in [1.82, 2.24) is 0 Å². The summed E-state index contributed by atoms with van der Waals surface area (Å²) >= 11 is 0. The van der Waals surface area contributed by atoms with Crippen molar-refractivity contribution in [2.45, 2.75) is 66.2 Å². The largest absolute Gasteiger partial charge is 0.496 e. The fourth-order valence-corrected chi connectivity index (χ4v) is 4.42. The molecule has 0 saturated heterocycles. The monoisotopic (exact) mass is 468 g/mol. The first-order chi connectivity index (χ1) is 16.2. The third-order valence-corrected chi connectivity index (χ3v) is 6.55. The highest BCUT2D eigenvalue weighted by Crippen LogP contribution is 2.32. The number of ether oxygens (including phenoxy) is 1. The van der Waals surface area contributed by atoms with Crippen LogP contribution < -0.4 is 10.1 Å². The van der Waals surface area contributed by atoms with E-state index >= 15 is 0 Å². The van der Waals surface area contributed by atoms with Gasteiger partial charge in [0.25, 0.3) is 5.69 Å². The molecule has 0 radical (unpaired) electrons. The molecule has 0 bridgehead atoms. The van der Waals surface area contributed by atoms with Gasteiger partial charge in [-0.15, -0.1) is 0 Å². The summed E-state index contributed by atoms with van der Waals surface area (Å²) in [6.07, 6.45) is 6.15. The van der Waals surface area contributed by atoms with Gasteiger partial charge < -0.3 is 10.1 Å². The summed E-state index contributed by atoms with van der Waals surface area (Å²) in [6, 6.07) is 10.4. The van der Waals surface area contributed by atoms with E-state index in [1.807, 2.05) is 25.1 Å². The summed E-state index contributed by atoms with van der Waals surface area (Å²) in [5, 5.41) is 13.7. The molecule has 1 fully saturated rings. The van der Waals surface area contributed by atoms with Crippen molar-refractivity contribution in [2.75, 3.05) is 12.4 Å². The standard InChI is InChI=1S/C17H25NO2.C10H11NO3/c1-4-13-6-8-14(9-7-13)17(19)18-15-10-5-12(2)16(11-15)20-3;1-3-8-9(7(2)12)5-4-6-10(8)11(13)14/h5,10-11,13-14H,4,6-9H2,1-3H3,(H,18,19);4-6H,3H2,1-2H3. The predicted molar refractivity (Wildman–Crippen MR) is 135 cm³/mol. The van der Waals surface area contributed by atoms with Crippen molar-refractivity contribution in [3.63, 3.8) is 0 Å². The highest BCUT2D eigenvalue weighted by Gasteiger charge is 2.25. The van der Waals surface area contributed by atoms with E-state index in [9.17, 15) is 19.7 Å². The first kappa shape index (κ1) is 27.0. The number of nitrogens with zero attached hydrogens (tertiary/aromatic N) is 1. The third-order valence-electron chi connectivity index (χ3n) is 6.55. The molecular weight excluding hydrogens is 432 g/mol. The van der Waals surface area contributed by atoms with Crippen LogP contribution in [0.25, 0.3) is 0 Å². The molecule has 2 aromatic rings. The Bertz CT molecular complexity index is 978. The normalized spacial score (nSPS) is 17.2. The molecule has 1 amide bonds. The number of amides is 1. The Balaban J connectivity index is 0.000000257. The van der Waals surface area contributed by atoms with E-state index in [-0.39, 0.29) is 23.3 Å². The number of rotatable bonds is 7. The Morgan fingerprint density at radius 2 is 1.79 bits per heavy atom. The van der Waals surface area contributed by atoms with Gasteiger partial charge >= 0.3 is 0 Å². The number of benzene rings is 2. The minimum Gasteiger partial charge on any atom is -0.496 e. The molecule has 34 heavy (non-hydrogen) atoms. The van der Waals surface area contributed by atoms with Crippen LogP contribution in [0.5, 0.6) is 5.75 Å². The fourth-order valence-electron chi connectivity index (χ4n) is 4.42. The molecule has 0 heterocycles. The van der Waals surface area contributed by atoms with E-state index in [1.165, 1.54) is 38.3 Å². The van der Waals surface area contributed by atoms with Crippen LogP contribution in [0.3, 0.4) is 0 Å². The van der Waals surface area contributed by atoms with Gasteiger partial charge in [0.2, 0.25) is 5.91 Å². The molecule has 0 atom stereocenters. The first-order valence-electron chi connectivity index (χ1n) is 11.9. The van der Waals surface area contributed by atoms with E-state index in [2.05, 4.69) is 12.2 Å². The van der Waals surface area contributed by atoms with E-state index < -0.39 is 4.92 Å². The summed E-state index contributed by atoms with van der Waals surface area (Å²) < 4.78 is 5.29. The van der Waals surface area contributed by atoms with Crippen molar-refractivity contribution in [1.29, 1.82) is 0 Å². The Kier molecular flexibility index (Phi) is 10.2. The molecule has 7 heteroatoms. The maximum atomic E-state index is 12.3. The lowest BCUT2D eigenvalue weighted by molar-refractivity contribution is -0.385. The van der Waals surface area contributed by atoms with Crippen molar-refractivity contribution < 1.29 is 19.2 Å². The number of Topliss-reactive ketones (excluding diaryl/α,β-unsaturated/α-hetero) is 1. The number of methoxy groups -OCH3 is 1. The SMILES string of the molecule is CCC1CCC(C(=O)Nc2ccc(C)c(OC)c2)CC1.CCc1c(C(C)=O)cccc1[N+](=O)[O-]. The van der Waals surface area contributed by atoms with Crippen molar-refractivity contribution in [2.24, 2.45) is 11.8 Å². The minimum absolute atomic E-state index is 0.0280. The fraction of sp³-hybridized carbons (Fsp3) is 0.481. The molecule has 2 aromatic carbocycles. The topological polar surface area (TPSA) is 98.5 Å². The number of anilines is 1. The highest BCUT2D eigenvalue weighted by atomic mass is 16.6. The molecule has 0 aromatic heterocycles. The second-order valence-corrected chi connectivity index (χ2v) is 8.77. The quantitative estimate of drug-likeness (QED) is 0.283. The Morgan fingerprint density at radius 3 is 2.32 bits per heavy atom. The molecule has 0 spiro atoms. The lowest BCUT2D eigenvalue weighted by Gasteiger charge is -2.27. The molecular formula is C27H36N2O5. The zero-order chi connectivity index (χ0) is 25.3. The zero-order valence-corrected chi connectivity index (χ0v) is 20.8. The minimum atomic E-state index is -0.453. The summed E-state index contributed by atoms with van der Waals surface area (Å²) in [7, 11) is 1.65. The number of hydrogen-bond acceptors (Lipinski definition) is 5. The van der Waals surface area contributed by atoms with E-state index in [4.69, 9.17) is 4.74 Å². The number of ketones is 1. The second kappa shape index (κ2) is 12.9. The van der Waals surface area contributed by atoms with Crippen LogP contribution >= 0.6 is 0 Å². The van der Waals surface area contributed by atoms with Crippen LogP contribution in [-0.4, -0.2) is 23.7 Å². The number of carbonyl (C=O) groups excluding carboxylic acids is 2. The maximum absolute atomic E-state index is 12.3. The van der Waals surface area contributed by atoms with Gasteiger partial charge in [-0.25, -0.2) is 0 Å². The van der Waals surface area contributed by atoms with E-state index in [0.29, 0.717) is 17.5 Å². The predicted octanol–water partition coefficient (Wildman–Crippen LogP) is 6.52. The number of hydrogen-bond donors (Lipinski definition) is 1. The van der Waals surface area contributed by atoms with Gasteiger partial charge in [-0.1, -0.05) is 38.5 Å². The molecule has 1 aliphatic carbocycles. The molecule has 7 nitrogen and oxygen atoms in total. The van der Waals surface area contributed by atoms with Crippen LogP contribution in [0, 0.1) is 28.9 Å². The van der Waals surface area contributed by atoms with E-state index in [0.717, 1.165) is 35.8 Å². The molecule has 184 valence electrons. The molecule has 0 unspecified atom stereocenters. The summed E-state index contributed by atoms with van der Waals surface area (Å²) in [5.74, 6) is 1.83. The molecule has 1 aliphatic rings. The van der Waals surface area contributed by atoms with Crippen molar-refractivity contribution in [3.8, 4) is 5.75 Å². The Labute approximate surface area is 202 Å². The smallest absolute Gasteiger partial charge is 0.273 e. The summed E-state index contributed by atoms with van der Waals surface area (Å²) in [4.78, 5) is 33.7. The van der Waals surface area contributed by atoms with Crippen LogP contribution in [0.1, 0.15) is 74.4 Å². The van der Waals surface area contributed by atoms with Gasteiger partial charge in [-0.3, -0.25) is 19.7 Å². The van der Waals surface area contributed by atoms with Gasteiger partial charge in [0, 0.05) is 34.9 Å². The lowest BCUT2D eigenvalue weighted by Crippen LogP contribution is -2.27. The zero-order valence-electron chi connectivity index (χ0n) is 20.8. The summed E-state index contributed by atoms with van der Waals surface area (Å²) in [6.45, 7) is 7.45. The van der Waals surface area contributed by atoms with Crippen molar-refractivity contribution >= 4 is 23.1 Å². The molecule has 0 aliphatic heterocycles. The maximum Gasteiger partial charge on any atom is 0.273 e. The Hall–Kier alpha value is -3.22. The average molecular weight is 469 g/mol. The van der Waals surface area contributed by atoms with Crippen LogP contribution in [0.4, 0.5) is 11.4 Å². The van der Waals surface area contributed by atoms with Crippen LogP contribution in [-0.2, 0) is 11.2 Å². The van der Waals surface area contributed by atoms with Gasteiger partial charge in [0.05, 0.1) is 12.0 Å². The molecule has 1 saturated carbocycles. The Morgan fingerprint density at radius 1 is 1.12 bits per heavy atom. The number of nitrogens with one attached hydrogen (secondary N) is 1. The molecule has 1 N–H and O–H groups in total. The van der Waals surface area contributed by atoms with Crippen LogP contribution in [0.15, 0.2) is 36.4 Å². The van der Waals surface area contributed by atoms with Gasteiger partial charge in [-0.2, -0.15) is 0 Å². The van der Waals surface area contributed by atoms with Gasteiger partial charge in [0.15, 0.2) is 5.78 Å². The molecule has 3 rings (SSSR count). The third kappa shape index (κ3) is 7.14. The van der Waals surface area contributed by atoms with Gasteiger partial charge in [-0.05, 0) is 63.5 Å². The average Bonchev–Trinajstić information content (AvgIpc) is 2.84. The first-order valence-corrected chi connectivity index (χ1v) is 11.9. The number of aryl methyl sites for hydroxylation is 1. The van der Waals surface area contributed by atoms with Crippen LogP contribution in [0.2, 0.25) is 0 Å². The van der Waals surface area contributed by atoms with Crippen molar-refractivity contribution in [3.05, 3.63) is 63.2 Å². The number of nitro groups is 1. The summed E-state index contributed by atoms with van der Waals surface area (Å²) in [5.41, 5.74) is 2.90.